The predicted molar refractivity (Wildman–Crippen MR) is 90.0 cm³/mol. The molecule has 1 aromatic rings. The fourth-order valence-corrected chi connectivity index (χ4v) is 5.13. The van der Waals surface area contributed by atoms with Gasteiger partial charge in [-0.25, -0.2) is 8.42 Å². The lowest BCUT2D eigenvalue weighted by atomic mass is 9.93. The van der Waals surface area contributed by atoms with Crippen LogP contribution in [0.3, 0.4) is 0 Å². The van der Waals surface area contributed by atoms with Gasteiger partial charge in [-0.05, 0) is 37.5 Å². The van der Waals surface area contributed by atoms with Crippen LogP contribution in [0.25, 0.3) is 0 Å². The van der Waals surface area contributed by atoms with Crippen LogP contribution in [-0.4, -0.2) is 50.0 Å². The summed E-state index contributed by atoms with van der Waals surface area (Å²) in [7, 11) is -3.78. The first kappa shape index (κ1) is 17.1. The quantitative estimate of drug-likeness (QED) is 0.807. The maximum atomic E-state index is 13.2. The van der Waals surface area contributed by atoms with Crippen LogP contribution in [0.4, 0.5) is 0 Å². The van der Waals surface area contributed by atoms with E-state index in [1.807, 2.05) is 18.2 Å². The van der Waals surface area contributed by atoms with E-state index in [9.17, 15) is 13.2 Å². The highest BCUT2D eigenvalue weighted by Gasteiger charge is 2.56. The summed E-state index contributed by atoms with van der Waals surface area (Å²) in [5.74, 6) is -0.279. The third-order valence-electron chi connectivity index (χ3n) is 4.65. The molecule has 2 saturated heterocycles. The van der Waals surface area contributed by atoms with Crippen molar-refractivity contribution < 1.29 is 17.9 Å². The topological polar surface area (TPSA) is 75.7 Å². The summed E-state index contributed by atoms with van der Waals surface area (Å²) in [6.07, 6.45) is 3.50. The number of ether oxygens (including phenoxy) is 1. The van der Waals surface area contributed by atoms with Crippen molar-refractivity contribution >= 4 is 15.9 Å². The minimum atomic E-state index is -3.78. The molecule has 1 atom stereocenters. The lowest BCUT2D eigenvalue weighted by molar-refractivity contribution is -0.153. The number of amides is 1. The summed E-state index contributed by atoms with van der Waals surface area (Å²) in [6, 6.07) is 6.10. The van der Waals surface area contributed by atoms with E-state index in [4.69, 9.17) is 4.74 Å². The molecule has 130 valence electrons. The maximum Gasteiger partial charge on any atom is 0.244 e. The summed E-state index contributed by atoms with van der Waals surface area (Å²) < 4.78 is 32.9. The second-order valence-electron chi connectivity index (χ2n) is 6.38. The summed E-state index contributed by atoms with van der Waals surface area (Å²) >= 11 is 0. The molecule has 24 heavy (non-hydrogen) atoms. The molecule has 0 aliphatic carbocycles. The Morgan fingerprint density at radius 2 is 2.04 bits per heavy atom. The first-order valence-corrected chi connectivity index (χ1v) is 9.45. The van der Waals surface area contributed by atoms with Gasteiger partial charge in [-0.15, -0.1) is 6.58 Å². The largest absolute Gasteiger partial charge is 0.377 e. The monoisotopic (exact) mass is 350 g/mol. The lowest BCUT2D eigenvalue weighted by Gasteiger charge is -2.53. The van der Waals surface area contributed by atoms with Gasteiger partial charge in [-0.3, -0.25) is 4.79 Å². The molecule has 0 unspecified atom stereocenters. The molecule has 0 aromatic heterocycles. The molecule has 1 spiro atoms. The molecule has 2 aliphatic heterocycles. The highest BCUT2D eigenvalue weighted by molar-refractivity contribution is 7.89. The SMILES string of the molecule is C=CCCc1ccc(S(=O)(=O)N2[C@@H](C)C(=O)NCC23COC3)cc1. The highest BCUT2D eigenvalue weighted by atomic mass is 32.2. The molecule has 7 heteroatoms. The first-order chi connectivity index (χ1) is 11.4. The number of hydrogen-bond donors (Lipinski definition) is 1. The summed E-state index contributed by atoms with van der Waals surface area (Å²) in [5.41, 5.74) is 0.383. The molecule has 0 saturated carbocycles. The van der Waals surface area contributed by atoms with Crippen LogP contribution in [0, 0.1) is 0 Å². The van der Waals surface area contributed by atoms with Crippen molar-refractivity contribution in [2.24, 2.45) is 0 Å². The fourth-order valence-electron chi connectivity index (χ4n) is 3.24. The number of allylic oxidation sites excluding steroid dienone is 1. The van der Waals surface area contributed by atoms with Crippen LogP contribution in [0.2, 0.25) is 0 Å². The first-order valence-electron chi connectivity index (χ1n) is 8.00. The number of benzene rings is 1. The Kier molecular flexibility index (Phi) is 4.50. The third-order valence-corrected chi connectivity index (χ3v) is 6.74. The molecule has 0 radical (unpaired) electrons. The molecule has 3 rings (SSSR count). The Labute approximate surface area is 142 Å². The van der Waals surface area contributed by atoms with Gasteiger partial charge in [0.2, 0.25) is 15.9 Å². The molecular weight excluding hydrogens is 328 g/mol. The predicted octanol–water partition coefficient (Wildman–Crippen LogP) is 1.08. The Hall–Kier alpha value is -1.70. The third kappa shape index (κ3) is 2.76. The molecule has 2 fully saturated rings. The average Bonchev–Trinajstić information content (AvgIpc) is 2.54. The fraction of sp³-hybridized carbons (Fsp3) is 0.471. The zero-order valence-corrected chi connectivity index (χ0v) is 14.5. The van der Waals surface area contributed by atoms with Gasteiger partial charge >= 0.3 is 0 Å². The van der Waals surface area contributed by atoms with E-state index in [2.05, 4.69) is 11.9 Å². The summed E-state index contributed by atoms with van der Waals surface area (Å²) in [6.45, 7) is 6.19. The van der Waals surface area contributed by atoms with Gasteiger partial charge in [-0.2, -0.15) is 4.31 Å². The van der Waals surface area contributed by atoms with Crippen molar-refractivity contribution in [1.82, 2.24) is 9.62 Å². The number of rotatable bonds is 5. The Morgan fingerprint density at radius 3 is 2.58 bits per heavy atom. The Bertz CT molecular complexity index is 738. The van der Waals surface area contributed by atoms with Crippen LogP contribution in [0.1, 0.15) is 18.9 Å². The van der Waals surface area contributed by atoms with Gasteiger partial charge in [0, 0.05) is 6.54 Å². The maximum absolute atomic E-state index is 13.2. The Balaban J connectivity index is 1.93. The number of piperazine rings is 1. The number of carbonyl (C=O) groups excluding carboxylic acids is 1. The van der Waals surface area contributed by atoms with Crippen molar-refractivity contribution in [2.45, 2.75) is 36.2 Å². The molecule has 0 bridgehead atoms. The second-order valence-corrected chi connectivity index (χ2v) is 8.20. The van der Waals surface area contributed by atoms with Crippen molar-refractivity contribution in [3.8, 4) is 0 Å². The minimum absolute atomic E-state index is 0.206. The van der Waals surface area contributed by atoms with E-state index >= 15 is 0 Å². The average molecular weight is 350 g/mol. The van der Waals surface area contributed by atoms with Gasteiger partial charge in [-0.1, -0.05) is 18.2 Å². The molecule has 6 nitrogen and oxygen atoms in total. The van der Waals surface area contributed by atoms with Crippen molar-refractivity contribution in [2.75, 3.05) is 19.8 Å². The minimum Gasteiger partial charge on any atom is -0.377 e. The van der Waals surface area contributed by atoms with Crippen molar-refractivity contribution in [3.05, 3.63) is 42.5 Å². The van der Waals surface area contributed by atoms with E-state index in [1.165, 1.54) is 4.31 Å². The smallest absolute Gasteiger partial charge is 0.244 e. The number of carbonyl (C=O) groups is 1. The molecule has 1 amide bonds. The number of sulfonamides is 1. The van der Waals surface area contributed by atoms with Gasteiger partial charge < -0.3 is 10.1 Å². The van der Waals surface area contributed by atoms with Crippen molar-refractivity contribution in [1.29, 1.82) is 0 Å². The number of hydrogen-bond acceptors (Lipinski definition) is 4. The molecule has 2 heterocycles. The summed E-state index contributed by atoms with van der Waals surface area (Å²) in [4.78, 5) is 12.2. The van der Waals surface area contributed by atoms with Crippen LogP contribution >= 0.6 is 0 Å². The number of nitrogens with zero attached hydrogens (tertiary/aromatic N) is 1. The van der Waals surface area contributed by atoms with E-state index in [0.717, 1.165) is 18.4 Å². The normalized spacial score (nSPS) is 23.5. The molecule has 1 N–H and O–H groups in total. The Morgan fingerprint density at radius 1 is 1.38 bits per heavy atom. The zero-order valence-electron chi connectivity index (χ0n) is 13.7. The standard InChI is InChI=1S/C17H22N2O4S/c1-3-4-5-14-6-8-15(9-7-14)24(21,22)19-13(2)16(20)18-10-17(19)11-23-12-17/h3,6-9,13H,1,4-5,10-12H2,2H3,(H,18,20)/t13-/m0/s1. The number of aryl methyl sites for hydroxylation is 1. The van der Waals surface area contributed by atoms with E-state index < -0.39 is 21.6 Å². The highest BCUT2D eigenvalue weighted by Crippen LogP contribution is 2.35. The van der Waals surface area contributed by atoms with Crippen LogP contribution < -0.4 is 5.32 Å². The van der Waals surface area contributed by atoms with Gasteiger partial charge in [0.15, 0.2) is 0 Å². The summed E-state index contributed by atoms with van der Waals surface area (Å²) in [5, 5.41) is 2.78. The second kappa shape index (κ2) is 6.31. The molecule has 2 aliphatic rings. The van der Waals surface area contributed by atoms with E-state index in [1.54, 1.807) is 19.1 Å². The van der Waals surface area contributed by atoms with Gasteiger partial charge in [0.1, 0.15) is 11.6 Å². The van der Waals surface area contributed by atoms with Gasteiger partial charge in [0.05, 0.1) is 18.1 Å². The van der Waals surface area contributed by atoms with Gasteiger partial charge in [0.25, 0.3) is 0 Å². The van der Waals surface area contributed by atoms with Crippen LogP contribution in [0.15, 0.2) is 41.8 Å². The molecular formula is C17H22N2O4S. The molecule has 1 aromatic carbocycles. The number of nitrogens with one attached hydrogen (secondary N) is 1. The van der Waals surface area contributed by atoms with Crippen molar-refractivity contribution in [3.63, 3.8) is 0 Å². The van der Waals surface area contributed by atoms with E-state index in [-0.39, 0.29) is 17.3 Å². The van der Waals surface area contributed by atoms with Crippen LogP contribution in [-0.2, 0) is 26.0 Å². The lowest BCUT2D eigenvalue weighted by Crippen LogP contribution is -2.75. The van der Waals surface area contributed by atoms with E-state index in [0.29, 0.717) is 13.2 Å². The van der Waals surface area contributed by atoms with Crippen LogP contribution in [0.5, 0.6) is 0 Å². The zero-order chi connectivity index (χ0) is 17.4.